The highest BCUT2D eigenvalue weighted by Crippen LogP contribution is 2.34. The third-order valence-corrected chi connectivity index (χ3v) is 5.92. The number of rotatable bonds is 7. The number of amides is 2. The molecule has 1 heterocycles. The fraction of sp³-hybridized carbons (Fsp3) is 0.261. The number of alkyl halides is 2. The second-order valence-corrected chi connectivity index (χ2v) is 8.36. The molecule has 172 valence electrons. The number of carbonyl (C=O) groups excluding carboxylic acids is 2. The predicted octanol–water partition coefficient (Wildman–Crippen LogP) is 4.47. The Morgan fingerprint density at radius 1 is 1.15 bits per heavy atom. The molecule has 3 aromatic rings. The molecular formula is C23H22ClF2N5O2. The number of hydrogen-bond acceptors (Lipinski definition) is 4. The van der Waals surface area contributed by atoms with Gasteiger partial charge in [-0.15, -0.1) is 0 Å². The first kappa shape index (κ1) is 22.7. The Bertz CT molecular complexity index is 1180. The zero-order valence-corrected chi connectivity index (χ0v) is 18.5. The lowest BCUT2D eigenvalue weighted by Crippen LogP contribution is -2.63. The van der Waals surface area contributed by atoms with E-state index in [2.05, 4.69) is 21.3 Å². The second-order valence-electron chi connectivity index (χ2n) is 7.93. The Labute approximate surface area is 194 Å². The van der Waals surface area contributed by atoms with Crippen LogP contribution in [-0.2, 0) is 11.8 Å². The summed E-state index contributed by atoms with van der Waals surface area (Å²) in [6, 6.07) is 14.8. The molecule has 0 bridgehead atoms. The van der Waals surface area contributed by atoms with E-state index in [4.69, 9.17) is 11.6 Å². The maximum atomic E-state index is 13.3. The Morgan fingerprint density at radius 2 is 1.88 bits per heavy atom. The van der Waals surface area contributed by atoms with Gasteiger partial charge in [0.05, 0.1) is 11.3 Å². The number of hydrazine groups is 1. The summed E-state index contributed by atoms with van der Waals surface area (Å²) in [4.78, 5) is 25.8. The molecule has 1 aromatic heterocycles. The zero-order chi connectivity index (χ0) is 23.6. The van der Waals surface area contributed by atoms with Gasteiger partial charge in [-0.3, -0.25) is 25.1 Å². The van der Waals surface area contributed by atoms with Crippen LogP contribution in [0.1, 0.15) is 41.7 Å². The maximum Gasteiger partial charge on any atom is 0.282 e. The highest BCUT2D eigenvalue weighted by Gasteiger charge is 2.46. The Hall–Kier alpha value is -3.46. The molecule has 0 unspecified atom stereocenters. The van der Waals surface area contributed by atoms with Crippen molar-refractivity contribution in [3.05, 3.63) is 71.0 Å². The van der Waals surface area contributed by atoms with Crippen molar-refractivity contribution < 1.29 is 18.4 Å². The van der Waals surface area contributed by atoms with E-state index in [0.29, 0.717) is 23.6 Å². The van der Waals surface area contributed by atoms with Crippen LogP contribution in [-0.4, -0.2) is 27.1 Å². The normalized spacial score (nSPS) is 14.5. The van der Waals surface area contributed by atoms with Crippen LogP contribution in [0, 0.1) is 0 Å². The second kappa shape index (κ2) is 9.19. The molecule has 1 aliphatic rings. The van der Waals surface area contributed by atoms with Crippen molar-refractivity contribution in [2.45, 2.75) is 31.2 Å². The fourth-order valence-corrected chi connectivity index (χ4v) is 3.97. The van der Waals surface area contributed by atoms with Crippen molar-refractivity contribution in [3.8, 4) is 11.1 Å². The molecule has 1 aliphatic carbocycles. The van der Waals surface area contributed by atoms with Crippen molar-refractivity contribution in [3.63, 3.8) is 0 Å². The monoisotopic (exact) mass is 473 g/mol. The van der Waals surface area contributed by atoms with Crippen molar-refractivity contribution in [1.29, 1.82) is 0 Å². The van der Waals surface area contributed by atoms with E-state index in [1.54, 1.807) is 12.1 Å². The molecule has 4 rings (SSSR count). The van der Waals surface area contributed by atoms with Crippen molar-refractivity contribution >= 4 is 29.1 Å². The Kier molecular flexibility index (Phi) is 6.33. The lowest BCUT2D eigenvalue weighted by molar-refractivity contribution is -0.130. The molecule has 1 fully saturated rings. The van der Waals surface area contributed by atoms with Crippen LogP contribution in [0.2, 0.25) is 5.02 Å². The van der Waals surface area contributed by atoms with E-state index in [1.807, 2.05) is 36.4 Å². The van der Waals surface area contributed by atoms with Gasteiger partial charge >= 0.3 is 0 Å². The average molecular weight is 474 g/mol. The van der Waals surface area contributed by atoms with E-state index in [1.165, 1.54) is 13.2 Å². The third kappa shape index (κ3) is 4.68. The van der Waals surface area contributed by atoms with Crippen molar-refractivity contribution in [2.75, 3.05) is 5.43 Å². The largest absolute Gasteiger partial charge is 0.337 e. The smallest absolute Gasteiger partial charge is 0.282 e. The van der Waals surface area contributed by atoms with Crippen molar-refractivity contribution in [2.24, 2.45) is 7.05 Å². The van der Waals surface area contributed by atoms with Gasteiger partial charge in [0.2, 0.25) is 0 Å². The molecule has 0 spiro atoms. The number of hydrogen-bond donors (Lipinski definition) is 3. The van der Waals surface area contributed by atoms with E-state index >= 15 is 0 Å². The molecule has 0 radical (unpaired) electrons. The minimum absolute atomic E-state index is 0.249. The van der Waals surface area contributed by atoms with Crippen LogP contribution in [0.4, 0.5) is 14.5 Å². The number of anilines is 1. The lowest BCUT2D eigenvalue weighted by Gasteiger charge is -2.40. The zero-order valence-electron chi connectivity index (χ0n) is 17.7. The van der Waals surface area contributed by atoms with Gasteiger partial charge in [0.25, 0.3) is 18.2 Å². The number of halogens is 3. The summed E-state index contributed by atoms with van der Waals surface area (Å²) in [6.45, 7) is 0. The van der Waals surface area contributed by atoms with Crippen LogP contribution in [0.3, 0.4) is 0 Å². The molecule has 10 heteroatoms. The predicted molar refractivity (Wildman–Crippen MR) is 121 cm³/mol. The number of benzene rings is 2. The van der Waals surface area contributed by atoms with Crippen molar-refractivity contribution in [1.82, 2.24) is 20.5 Å². The molecule has 0 atom stereocenters. The molecule has 2 amide bonds. The van der Waals surface area contributed by atoms with Crippen LogP contribution in [0.15, 0.2) is 54.7 Å². The van der Waals surface area contributed by atoms with E-state index in [0.717, 1.165) is 22.2 Å². The molecule has 0 saturated heterocycles. The number of aryl methyl sites for hydroxylation is 1. The summed E-state index contributed by atoms with van der Waals surface area (Å²) < 4.78 is 27.7. The van der Waals surface area contributed by atoms with E-state index in [9.17, 15) is 18.4 Å². The summed E-state index contributed by atoms with van der Waals surface area (Å²) in [5, 5.41) is 6.78. The quantitative estimate of drug-likeness (QED) is 0.442. The van der Waals surface area contributed by atoms with Crippen LogP contribution >= 0.6 is 11.6 Å². The Balaban J connectivity index is 1.50. The first-order valence-electron chi connectivity index (χ1n) is 10.3. The highest BCUT2D eigenvalue weighted by molar-refractivity contribution is 6.31. The number of nitrogens with zero attached hydrogens (tertiary/aromatic N) is 2. The number of aromatic nitrogens is 2. The first-order chi connectivity index (χ1) is 15.8. The van der Waals surface area contributed by atoms with Gasteiger partial charge < -0.3 is 5.32 Å². The minimum Gasteiger partial charge on any atom is -0.337 e. The van der Waals surface area contributed by atoms with Gasteiger partial charge in [0.15, 0.2) is 0 Å². The summed E-state index contributed by atoms with van der Waals surface area (Å²) in [5.41, 5.74) is 5.81. The molecule has 0 aliphatic heterocycles. The standard InChI is InChI=1S/C23H22ClF2N5O2/c1-31-13-17(19(30-31)20(25)26)21(32)27-23(10-5-11-23)22(33)29-28-18-12-15(24)8-9-16(18)14-6-3-2-4-7-14/h2-4,6-9,12-13,20,28H,5,10-11H2,1H3,(H,27,32)(H,29,33). The minimum atomic E-state index is -2.90. The number of nitrogens with one attached hydrogen (secondary N) is 3. The van der Waals surface area contributed by atoms with Gasteiger partial charge in [-0.25, -0.2) is 8.78 Å². The fourth-order valence-electron chi connectivity index (χ4n) is 3.80. The third-order valence-electron chi connectivity index (χ3n) is 5.68. The lowest BCUT2D eigenvalue weighted by atomic mass is 9.76. The topological polar surface area (TPSA) is 88.0 Å². The summed E-state index contributed by atoms with van der Waals surface area (Å²) in [7, 11) is 1.45. The molecule has 1 saturated carbocycles. The molecule has 7 nitrogen and oxygen atoms in total. The summed E-state index contributed by atoms with van der Waals surface area (Å²) in [6.07, 6.45) is -0.194. The van der Waals surface area contributed by atoms with Gasteiger partial charge in [-0.2, -0.15) is 5.10 Å². The first-order valence-corrected chi connectivity index (χ1v) is 10.7. The van der Waals surface area contributed by atoms with Crippen LogP contribution in [0.5, 0.6) is 0 Å². The van der Waals surface area contributed by atoms with Gasteiger partial charge in [0, 0.05) is 23.8 Å². The van der Waals surface area contributed by atoms with Crippen LogP contribution in [0.25, 0.3) is 11.1 Å². The average Bonchev–Trinajstić information content (AvgIpc) is 3.17. The summed E-state index contributed by atoms with van der Waals surface area (Å²) >= 11 is 6.15. The van der Waals surface area contributed by atoms with E-state index in [-0.39, 0.29) is 5.56 Å². The summed E-state index contributed by atoms with van der Waals surface area (Å²) in [5.74, 6) is -1.23. The molecular weight excluding hydrogens is 452 g/mol. The maximum absolute atomic E-state index is 13.3. The van der Waals surface area contributed by atoms with Crippen LogP contribution < -0.4 is 16.2 Å². The van der Waals surface area contributed by atoms with Gasteiger partial charge in [-0.05, 0) is 37.0 Å². The number of carbonyl (C=O) groups is 2. The van der Waals surface area contributed by atoms with E-state index < -0.39 is 29.5 Å². The molecule has 3 N–H and O–H groups in total. The highest BCUT2D eigenvalue weighted by atomic mass is 35.5. The SMILES string of the molecule is Cn1cc(C(=O)NC2(C(=O)NNc3cc(Cl)ccc3-c3ccccc3)CCC2)c(C(F)F)n1. The Morgan fingerprint density at radius 3 is 2.52 bits per heavy atom. The molecule has 33 heavy (non-hydrogen) atoms. The van der Waals surface area contributed by atoms with Gasteiger partial charge in [0.1, 0.15) is 11.2 Å². The van der Waals surface area contributed by atoms with Gasteiger partial charge in [-0.1, -0.05) is 48.0 Å². The molecule has 2 aromatic carbocycles.